The number of hydrogen-bond donors (Lipinski definition) is 2. The molecule has 88 valence electrons. The number of aliphatic hydroxyl groups is 2. The summed E-state index contributed by atoms with van der Waals surface area (Å²) in [7, 11) is 0. The van der Waals surface area contributed by atoms with Crippen LogP contribution in [0.1, 0.15) is 18.9 Å². The predicted molar refractivity (Wildman–Crippen MR) is 59.8 cm³/mol. The Bertz CT molecular complexity index is 393. The molecule has 1 fully saturated rings. The van der Waals surface area contributed by atoms with Crippen LogP contribution in [0.15, 0.2) is 18.2 Å². The lowest BCUT2D eigenvalue weighted by atomic mass is 10.1. The third kappa shape index (κ3) is 2.03. The van der Waals surface area contributed by atoms with E-state index in [1.807, 2.05) is 0 Å². The number of aliphatic hydroxyl groups excluding tert-OH is 1. The Balaban J connectivity index is 2.34. The fourth-order valence-corrected chi connectivity index (χ4v) is 2.18. The van der Waals surface area contributed by atoms with Crippen LogP contribution >= 0.6 is 0 Å². The molecule has 0 aliphatic carbocycles. The molecule has 0 amide bonds. The molecule has 1 heterocycles. The van der Waals surface area contributed by atoms with Gasteiger partial charge in [-0.1, -0.05) is 12.1 Å². The minimum absolute atomic E-state index is 0.189. The van der Waals surface area contributed by atoms with Gasteiger partial charge in [-0.3, -0.25) is 0 Å². The smallest absolute Gasteiger partial charge is 0.146 e. The van der Waals surface area contributed by atoms with Gasteiger partial charge in [0, 0.05) is 18.7 Å². The minimum atomic E-state index is -0.769. The fourth-order valence-electron chi connectivity index (χ4n) is 2.18. The Morgan fingerprint density at radius 1 is 1.50 bits per heavy atom. The van der Waals surface area contributed by atoms with Crippen LogP contribution in [-0.2, 0) is 6.61 Å². The Labute approximate surface area is 94.1 Å². The van der Waals surface area contributed by atoms with Crippen LogP contribution in [0.3, 0.4) is 0 Å². The summed E-state index contributed by atoms with van der Waals surface area (Å²) < 4.78 is 13.7. The van der Waals surface area contributed by atoms with Crippen molar-refractivity contribution in [2.45, 2.75) is 25.6 Å². The molecule has 0 saturated carbocycles. The SMILES string of the molecule is CC1(O)CCN(c2c(F)cccc2CO)C1. The largest absolute Gasteiger partial charge is 0.392 e. The molecule has 0 bridgehead atoms. The van der Waals surface area contributed by atoms with E-state index in [-0.39, 0.29) is 12.4 Å². The summed E-state index contributed by atoms with van der Waals surface area (Å²) in [6.45, 7) is 2.57. The maximum absolute atomic E-state index is 13.7. The Hall–Kier alpha value is -1.13. The highest BCUT2D eigenvalue weighted by Gasteiger charge is 2.33. The van der Waals surface area contributed by atoms with Gasteiger partial charge in [0.1, 0.15) is 5.82 Å². The first-order valence-electron chi connectivity index (χ1n) is 5.39. The van der Waals surface area contributed by atoms with E-state index in [1.165, 1.54) is 6.07 Å². The number of halogens is 1. The number of β-amino-alcohol motifs (C(OH)–C–C–N with tert-alkyl or cyclic N) is 1. The molecule has 1 aromatic carbocycles. The topological polar surface area (TPSA) is 43.7 Å². The molecule has 1 aliphatic heterocycles. The lowest BCUT2D eigenvalue weighted by molar-refractivity contribution is 0.0839. The van der Waals surface area contributed by atoms with E-state index in [1.54, 1.807) is 24.0 Å². The van der Waals surface area contributed by atoms with Crippen molar-refractivity contribution >= 4 is 5.69 Å². The molecule has 3 nitrogen and oxygen atoms in total. The van der Waals surface area contributed by atoms with Gasteiger partial charge in [0.15, 0.2) is 0 Å². The molecule has 16 heavy (non-hydrogen) atoms. The Morgan fingerprint density at radius 2 is 2.25 bits per heavy atom. The second kappa shape index (κ2) is 4.03. The molecule has 0 aromatic heterocycles. The highest BCUT2D eigenvalue weighted by Crippen LogP contribution is 2.31. The molecule has 0 spiro atoms. The van der Waals surface area contributed by atoms with E-state index in [9.17, 15) is 14.6 Å². The Morgan fingerprint density at radius 3 is 2.81 bits per heavy atom. The Kier molecular flexibility index (Phi) is 2.86. The van der Waals surface area contributed by atoms with E-state index in [0.29, 0.717) is 30.8 Å². The minimum Gasteiger partial charge on any atom is -0.392 e. The van der Waals surface area contributed by atoms with Crippen molar-refractivity contribution in [2.24, 2.45) is 0 Å². The summed E-state index contributed by atoms with van der Waals surface area (Å²) in [5, 5.41) is 19.0. The second-order valence-corrected chi connectivity index (χ2v) is 4.57. The summed E-state index contributed by atoms with van der Waals surface area (Å²) in [6.07, 6.45) is 0.617. The van der Waals surface area contributed by atoms with E-state index < -0.39 is 5.60 Å². The quantitative estimate of drug-likeness (QED) is 0.797. The molecule has 2 rings (SSSR count). The number of nitrogens with zero attached hydrogens (tertiary/aromatic N) is 1. The third-order valence-electron chi connectivity index (χ3n) is 3.01. The van der Waals surface area contributed by atoms with E-state index in [2.05, 4.69) is 0 Å². The van der Waals surface area contributed by atoms with Crippen molar-refractivity contribution < 1.29 is 14.6 Å². The first kappa shape index (κ1) is 11.4. The normalized spacial score (nSPS) is 25.1. The average molecular weight is 225 g/mol. The van der Waals surface area contributed by atoms with Crippen molar-refractivity contribution in [3.05, 3.63) is 29.6 Å². The zero-order valence-electron chi connectivity index (χ0n) is 9.28. The highest BCUT2D eigenvalue weighted by atomic mass is 19.1. The molecule has 2 N–H and O–H groups in total. The second-order valence-electron chi connectivity index (χ2n) is 4.57. The van der Waals surface area contributed by atoms with Gasteiger partial charge >= 0.3 is 0 Å². The number of para-hydroxylation sites is 1. The van der Waals surface area contributed by atoms with Gasteiger partial charge in [-0.25, -0.2) is 4.39 Å². The summed E-state index contributed by atoms with van der Waals surface area (Å²) in [6, 6.07) is 4.66. The van der Waals surface area contributed by atoms with Gasteiger partial charge in [-0.15, -0.1) is 0 Å². The molecule has 1 atom stereocenters. The van der Waals surface area contributed by atoms with Crippen LogP contribution in [-0.4, -0.2) is 28.9 Å². The molecule has 1 aliphatic rings. The van der Waals surface area contributed by atoms with Gasteiger partial charge in [0.2, 0.25) is 0 Å². The molecule has 0 radical (unpaired) electrons. The van der Waals surface area contributed by atoms with Crippen LogP contribution in [0.25, 0.3) is 0 Å². The van der Waals surface area contributed by atoms with Gasteiger partial charge in [-0.2, -0.15) is 0 Å². The van der Waals surface area contributed by atoms with Crippen LogP contribution in [0.4, 0.5) is 10.1 Å². The van der Waals surface area contributed by atoms with Crippen LogP contribution in [0.5, 0.6) is 0 Å². The highest BCUT2D eigenvalue weighted by molar-refractivity contribution is 5.55. The standard InChI is InChI=1S/C12H16FNO2/c1-12(16)5-6-14(8-12)11-9(7-15)3-2-4-10(11)13/h2-4,15-16H,5-8H2,1H3. The number of benzene rings is 1. The molecule has 4 heteroatoms. The maximum atomic E-state index is 13.7. The maximum Gasteiger partial charge on any atom is 0.146 e. The van der Waals surface area contributed by atoms with Gasteiger partial charge in [0.25, 0.3) is 0 Å². The van der Waals surface area contributed by atoms with Crippen LogP contribution < -0.4 is 4.90 Å². The van der Waals surface area contributed by atoms with Crippen molar-refractivity contribution in [1.29, 1.82) is 0 Å². The molecule has 1 unspecified atom stereocenters. The first-order chi connectivity index (χ1) is 7.53. The van der Waals surface area contributed by atoms with E-state index >= 15 is 0 Å². The van der Waals surface area contributed by atoms with Crippen molar-refractivity contribution in [2.75, 3.05) is 18.0 Å². The third-order valence-corrected chi connectivity index (χ3v) is 3.01. The van der Waals surface area contributed by atoms with E-state index in [0.717, 1.165) is 0 Å². The molecular weight excluding hydrogens is 209 g/mol. The van der Waals surface area contributed by atoms with Gasteiger partial charge in [-0.05, 0) is 19.4 Å². The summed E-state index contributed by atoms with van der Waals surface area (Å²) in [5.74, 6) is -0.343. The van der Waals surface area contributed by atoms with Crippen LogP contribution in [0.2, 0.25) is 0 Å². The summed E-state index contributed by atoms with van der Waals surface area (Å²) in [5.41, 5.74) is 0.218. The lowest BCUT2D eigenvalue weighted by Crippen LogP contribution is -2.30. The number of rotatable bonds is 2. The first-order valence-corrected chi connectivity index (χ1v) is 5.39. The predicted octanol–water partition coefficient (Wildman–Crippen LogP) is 1.28. The van der Waals surface area contributed by atoms with E-state index in [4.69, 9.17) is 0 Å². The number of anilines is 1. The summed E-state index contributed by atoms with van der Waals surface area (Å²) >= 11 is 0. The van der Waals surface area contributed by atoms with Crippen LogP contribution in [0, 0.1) is 5.82 Å². The van der Waals surface area contributed by atoms with Gasteiger partial charge in [0.05, 0.1) is 17.9 Å². The average Bonchev–Trinajstić information content (AvgIpc) is 2.58. The van der Waals surface area contributed by atoms with Crippen molar-refractivity contribution in [3.8, 4) is 0 Å². The van der Waals surface area contributed by atoms with Gasteiger partial charge < -0.3 is 15.1 Å². The fraction of sp³-hybridized carbons (Fsp3) is 0.500. The summed E-state index contributed by atoms with van der Waals surface area (Å²) in [4.78, 5) is 1.79. The van der Waals surface area contributed by atoms with Crippen molar-refractivity contribution in [1.82, 2.24) is 0 Å². The van der Waals surface area contributed by atoms with Crippen molar-refractivity contribution in [3.63, 3.8) is 0 Å². The molecule has 1 aromatic rings. The zero-order chi connectivity index (χ0) is 11.8. The molecular formula is C12H16FNO2. The number of hydrogen-bond acceptors (Lipinski definition) is 3. The lowest BCUT2D eigenvalue weighted by Gasteiger charge is -2.23. The zero-order valence-corrected chi connectivity index (χ0v) is 9.28. The monoisotopic (exact) mass is 225 g/mol. The molecule has 1 saturated heterocycles.